The number of nitrogens with one attached hydrogen (secondary N) is 2. The Morgan fingerprint density at radius 1 is 1.41 bits per heavy atom. The maximum absolute atomic E-state index is 11.2. The summed E-state index contributed by atoms with van der Waals surface area (Å²) < 4.78 is 1.15. The number of thiazole rings is 1. The second-order valence-corrected chi connectivity index (χ2v) is 4.50. The zero-order valence-corrected chi connectivity index (χ0v) is 11.0. The Morgan fingerprint density at radius 3 is 2.88 bits per heavy atom. The number of halogens is 1. The lowest BCUT2D eigenvalue weighted by Gasteiger charge is -2.00. The summed E-state index contributed by atoms with van der Waals surface area (Å²) in [7, 11) is 1.75. The van der Waals surface area contributed by atoms with Crippen molar-refractivity contribution in [2.45, 2.75) is 6.54 Å². The number of rotatable bonds is 4. The Balaban J connectivity index is 0.00000144. The molecular formula is C11H14ClN3OS. The molecule has 0 saturated heterocycles. The molecule has 2 aromatic rings. The molecule has 4 nitrogen and oxygen atoms in total. The number of benzene rings is 1. The van der Waals surface area contributed by atoms with Crippen molar-refractivity contribution >= 4 is 39.9 Å². The summed E-state index contributed by atoms with van der Waals surface area (Å²) in [5.41, 5.74) is 0.991. The fourth-order valence-electron chi connectivity index (χ4n) is 1.39. The van der Waals surface area contributed by atoms with E-state index in [0.29, 0.717) is 13.1 Å². The van der Waals surface area contributed by atoms with Crippen LogP contribution in [0.1, 0.15) is 5.01 Å². The Labute approximate surface area is 110 Å². The molecule has 0 saturated carbocycles. The second-order valence-electron chi connectivity index (χ2n) is 3.38. The summed E-state index contributed by atoms with van der Waals surface area (Å²) in [5, 5.41) is 6.54. The highest BCUT2D eigenvalue weighted by Crippen LogP contribution is 2.20. The van der Waals surface area contributed by atoms with Gasteiger partial charge in [-0.2, -0.15) is 0 Å². The number of carbonyl (C=O) groups is 1. The third kappa shape index (κ3) is 3.66. The van der Waals surface area contributed by atoms with Gasteiger partial charge in [0.25, 0.3) is 0 Å². The van der Waals surface area contributed by atoms with Crippen LogP contribution < -0.4 is 10.6 Å². The molecule has 1 aromatic carbocycles. The molecule has 17 heavy (non-hydrogen) atoms. The van der Waals surface area contributed by atoms with Crippen LogP contribution in [0.5, 0.6) is 0 Å². The maximum atomic E-state index is 11.2. The van der Waals surface area contributed by atoms with E-state index in [1.165, 1.54) is 0 Å². The molecule has 1 heterocycles. The zero-order chi connectivity index (χ0) is 11.4. The minimum Gasteiger partial charge on any atom is -0.348 e. The Kier molecular flexibility index (Phi) is 5.34. The van der Waals surface area contributed by atoms with E-state index in [4.69, 9.17) is 0 Å². The highest BCUT2D eigenvalue weighted by Gasteiger charge is 2.04. The molecule has 1 aromatic heterocycles. The third-order valence-corrected chi connectivity index (χ3v) is 3.15. The molecule has 0 atom stereocenters. The van der Waals surface area contributed by atoms with Crippen molar-refractivity contribution in [3.05, 3.63) is 29.3 Å². The first-order valence-corrected chi connectivity index (χ1v) is 5.87. The van der Waals surface area contributed by atoms with Crippen molar-refractivity contribution in [2.75, 3.05) is 13.6 Å². The topological polar surface area (TPSA) is 54.0 Å². The van der Waals surface area contributed by atoms with Gasteiger partial charge in [0.05, 0.1) is 23.3 Å². The number of aromatic nitrogens is 1. The predicted molar refractivity (Wildman–Crippen MR) is 72.6 cm³/mol. The first-order valence-electron chi connectivity index (χ1n) is 5.05. The van der Waals surface area contributed by atoms with Crippen LogP contribution >= 0.6 is 23.7 Å². The molecule has 0 unspecified atom stereocenters. The third-order valence-electron chi connectivity index (χ3n) is 2.11. The van der Waals surface area contributed by atoms with Crippen LogP contribution in [-0.2, 0) is 11.3 Å². The molecule has 0 aliphatic rings. The van der Waals surface area contributed by atoms with Crippen molar-refractivity contribution in [1.82, 2.24) is 15.6 Å². The average molecular weight is 272 g/mol. The van der Waals surface area contributed by atoms with E-state index in [0.717, 1.165) is 15.2 Å². The van der Waals surface area contributed by atoms with Crippen LogP contribution in [0.4, 0.5) is 0 Å². The summed E-state index contributed by atoms with van der Waals surface area (Å²) in [6.45, 7) is 0.838. The van der Waals surface area contributed by atoms with E-state index < -0.39 is 0 Å². The summed E-state index contributed by atoms with van der Waals surface area (Å²) in [5.74, 6) is -0.0123. The lowest BCUT2D eigenvalue weighted by atomic mass is 10.3. The van der Waals surface area contributed by atoms with Crippen LogP contribution in [0, 0.1) is 0 Å². The van der Waals surface area contributed by atoms with Gasteiger partial charge in [-0.05, 0) is 19.2 Å². The predicted octanol–water partition coefficient (Wildman–Crippen LogP) is 1.55. The van der Waals surface area contributed by atoms with Gasteiger partial charge < -0.3 is 10.6 Å². The summed E-state index contributed by atoms with van der Waals surface area (Å²) in [6, 6.07) is 7.96. The van der Waals surface area contributed by atoms with E-state index >= 15 is 0 Å². The highest BCUT2D eigenvalue weighted by molar-refractivity contribution is 7.18. The normalized spacial score (nSPS) is 9.94. The number of amides is 1. The summed E-state index contributed by atoms with van der Waals surface area (Å²) >= 11 is 1.61. The van der Waals surface area contributed by atoms with Crippen LogP contribution in [0.15, 0.2) is 24.3 Å². The minimum atomic E-state index is -0.0123. The molecule has 2 rings (SSSR count). The Bertz CT molecular complexity index is 467. The molecule has 0 spiro atoms. The van der Waals surface area contributed by atoms with Gasteiger partial charge in [0.15, 0.2) is 0 Å². The lowest BCUT2D eigenvalue weighted by Crippen LogP contribution is -2.31. The van der Waals surface area contributed by atoms with Gasteiger partial charge in [0, 0.05) is 0 Å². The number of para-hydroxylation sites is 1. The lowest BCUT2D eigenvalue weighted by molar-refractivity contribution is -0.120. The van der Waals surface area contributed by atoms with Crippen LogP contribution in [0.3, 0.4) is 0 Å². The molecule has 92 valence electrons. The van der Waals surface area contributed by atoms with E-state index in [1.807, 2.05) is 24.3 Å². The number of carbonyl (C=O) groups excluding carboxylic acids is 1. The van der Waals surface area contributed by atoms with Gasteiger partial charge in [-0.1, -0.05) is 12.1 Å². The molecule has 0 fully saturated rings. The van der Waals surface area contributed by atoms with Gasteiger partial charge in [-0.15, -0.1) is 23.7 Å². The molecule has 0 bridgehead atoms. The molecular weight excluding hydrogens is 258 g/mol. The summed E-state index contributed by atoms with van der Waals surface area (Å²) in [6.07, 6.45) is 0. The highest BCUT2D eigenvalue weighted by atomic mass is 35.5. The molecule has 0 radical (unpaired) electrons. The van der Waals surface area contributed by atoms with Crippen molar-refractivity contribution in [3.63, 3.8) is 0 Å². The van der Waals surface area contributed by atoms with Crippen LogP contribution in [0.25, 0.3) is 10.2 Å². The first kappa shape index (κ1) is 13.9. The molecule has 0 aliphatic carbocycles. The molecule has 2 N–H and O–H groups in total. The van der Waals surface area contributed by atoms with Gasteiger partial charge in [-0.25, -0.2) is 4.98 Å². The van der Waals surface area contributed by atoms with Gasteiger partial charge >= 0.3 is 0 Å². The smallest absolute Gasteiger partial charge is 0.234 e. The molecule has 0 aliphatic heterocycles. The van der Waals surface area contributed by atoms with E-state index in [2.05, 4.69) is 15.6 Å². The van der Waals surface area contributed by atoms with Gasteiger partial charge in [-0.3, -0.25) is 4.79 Å². The number of nitrogens with zero attached hydrogens (tertiary/aromatic N) is 1. The number of hydrogen-bond donors (Lipinski definition) is 2. The van der Waals surface area contributed by atoms with Crippen molar-refractivity contribution in [3.8, 4) is 0 Å². The SMILES string of the molecule is CNCC(=O)NCc1nc2ccccc2s1.Cl. The fourth-order valence-corrected chi connectivity index (χ4v) is 2.30. The quantitative estimate of drug-likeness (QED) is 0.887. The maximum Gasteiger partial charge on any atom is 0.234 e. The van der Waals surface area contributed by atoms with E-state index in [1.54, 1.807) is 18.4 Å². The van der Waals surface area contributed by atoms with Crippen LogP contribution in [0.2, 0.25) is 0 Å². The average Bonchev–Trinajstić information content (AvgIpc) is 2.69. The monoisotopic (exact) mass is 271 g/mol. The minimum absolute atomic E-state index is 0. The van der Waals surface area contributed by atoms with Crippen molar-refractivity contribution < 1.29 is 4.79 Å². The first-order chi connectivity index (χ1) is 7.79. The van der Waals surface area contributed by atoms with Gasteiger partial charge in [0.2, 0.25) is 5.91 Å². The van der Waals surface area contributed by atoms with Crippen molar-refractivity contribution in [1.29, 1.82) is 0 Å². The van der Waals surface area contributed by atoms with E-state index in [-0.39, 0.29) is 18.3 Å². The zero-order valence-electron chi connectivity index (χ0n) is 9.40. The van der Waals surface area contributed by atoms with Gasteiger partial charge in [0.1, 0.15) is 5.01 Å². The van der Waals surface area contributed by atoms with Crippen LogP contribution in [-0.4, -0.2) is 24.5 Å². The fraction of sp³-hybridized carbons (Fsp3) is 0.273. The Hall–Kier alpha value is -1.17. The largest absolute Gasteiger partial charge is 0.348 e. The number of hydrogen-bond acceptors (Lipinski definition) is 4. The number of likely N-dealkylation sites (N-methyl/N-ethyl adjacent to an activating group) is 1. The second kappa shape index (κ2) is 6.54. The Morgan fingerprint density at radius 2 is 2.18 bits per heavy atom. The molecule has 1 amide bonds. The summed E-state index contributed by atoms with van der Waals surface area (Å²) in [4.78, 5) is 15.7. The standard InChI is InChI=1S/C11H13N3OS.ClH/c1-12-6-10(15)13-7-11-14-8-4-2-3-5-9(8)16-11;/h2-5,12H,6-7H2,1H3,(H,13,15);1H. The molecule has 6 heteroatoms. The number of fused-ring (bicyclic) bond motifs is 1. The van der Waals surface area contributed by atoms with Crippen molar-refractivity contribution in [2.24, 2.45) is 0 Å². The van der Waals surface area contributed by atoms with E-state index in [9.17, 15) is 4.79 Å².